The second-order valence-corrected chi connectivity index (χ2v) is 13.4. The van der Waals surface area contributed by atoms with E-state index in [1.54, 1.807) is 0 Å². The Labute approximate surface area is 187 Å². The minimum absolute atomic E-state index is 0.167. The van der Waals surface area contributed by atoms with Gasteiger partial charge in [0.1, 0.15) is 6.10 Å². The van der Waals surface area contributed by atoms with E-state index in [1.807, 2.05) is 31.2 Å². The van der Waals surface area contributed by atoms with Gasteiger partial charge in [-0.15, -0.1) is 0 Å². The van der Waals surface area contributed by atoms with Crippen LogP contribution in [0.25, 0.3) is 0 Å². The van der Waals surface area contributed by atoms with Gasteiger partial charge in [-0.05, 0) is 28.3 Å². The topological polar surface area (TPSA) is 55.8 Å². The summed E-state index contributed by atoms with van der Waals surface area (Å²) in [5.41, 5.74) is 0. The number of carbonyl (C=O) groups excluding carboxylic acids is 1. The normalized spacial score (nSPS) is 23.9. The number of hydrogen-bond donors (Lipinski definition) is 1. The Kier molecular flexibility index (Phi) is 7.52. The summed E-state index contributed by atoms with van der Waals surface area (Å²) in [5.74, 6) is -0.575. The lowest BCUT2D eigenvalue weighted by atomic mass is 10.1. The van der Waals surface area contributed by atoms with Crippen LogP contribution in [-0.4, -0.2) is 37.7 Å². The molecular formula is C26H34O4Si. The zero-order valence-corrected chi connectivity index (χ0v) is 20.0. The standard InChI is InChI=1S/C26H34O4Si/c1-5-23-24(19-13-12-18-22(27)25(28)29-23)30-31(26(2,3)4,20-14-8-6-9-15-20)21-16-10-7-11-17-21/h6-17,22-24,27H,5,18-19H2,1-4H3/b13-12-/t22-,23+,24-/m1/s1. The highest BCUT2D eigenvalue weighted by atomic mass is 28.4. The number of esters is 1. The van der Waals surface area contributed by atoms with Gasteiger partial charge in [0, 0.05) is 6.42 Å². The van der Waals surface area contributed by atoms with Crippen LogP contribution in [0, 0.1) is 0 Å². The van der Waals surface area contributed by atoms with E-state index in [0.717, 1.165) is 0 Å². The Hall–Kier alpha value is -2.21. The molecule has 3 rings (SSSR count). The fourth-order valence-electron chi connectivity index (χ4n) is 4.40. The molecule has 1 N–H and O–H groups in total. The maximum absolute atomic E-state index is 12.4. The van der Waals surface area contributed by atoms with Gasteiger partial charge in [-0.2, -0.15) is 0 Å². The summed E-state index contributed by atoms with van der Waals surface area (Å²) in [6, 6.07) is 20.9. The highest BCUT2D eigenvalue weighted by Crippen LogP contribution is 2.38. The molecule has 2 aromatic rings. The van der Waals surface area contributed by atoms with Crippen LogP contribution < -0.4 is 10.4 Å². The predicted octanol–water partition coefficient (Wildman–Crippen LogP) is 3.96. The van der Waals surface area contributed by atoms with Crippen LogP contribution in [-0.2, 0) is 14.0 Å². The van der Waals surface area contributed by atoms with Crippen LogP contribution in [0.3, 0.4) is 0 Å². The number of rotatable bonds is 5. The number of cyclic esters (lactones) is 1. The number of ether oxygens (including phenoxy) is 1. The van der Waals surface area contributed by atoms with Crippen molar-refractivity contribution in [1.29, 1.82) is 0 Å². The van der Waals surface area contributed by atoms with E-state index < -0.39 is 26.5 Å². The number of hydrogen-bond acceptors (Lipinski definition) is 4. The van der Waals surface area contributed by atoms with E-state index in [2.05, 4.69) is 69.3 Å². The van der Waals surface area contributed by atoms with E-state index in [0.29, 0.717) is 12.8 Å². The molecule has 0 spiro atoms. The smallest absolute Gasteiger partial charge is 0.335 e. The van der Waals surface area contributed by atoms with Crippen molar-refractivity contribution < 1.29 is 19.1 Å². The highest BCUT2D eigenvalue weighted by molar-refractivity contribution is 6.99. The molecule has 5 heteroatoms. The van der Waals surface area contributed by atoms with Crippen molar-refractivity contribution in [2.45, 2.75) is 70.3 Å². The SMILES string of the molecule is CC[C@@H]1OC(=O)[C@H](O)C/C=C\C[C@H]1O[Si](c1ccccc1)(c1ccccc1)C(C)(C)C. The number of aliphatic hydroxyl groups is 1. The first-order valence-corrected chi connectivity index (χ1v) is 13.0. The van der Waals surface area contributed by atoms with Crippen LogP contribution in [0.15, 0.2) is 72.8 Å². The van der Waals surface area contributed by atoms with Crippen molar-refractivity contribution in [2.75, 3.05) is 0 Å². The van der Waals surface area contributed by atoms with E-state index >= 15 is 0 Å². The third-order valence-electron chi connectivity index (χ3n) is 6.00. The molecule has 31 heavy (non-hydrogen) atoms. The fourth-order valence-corrected chi connectivity index (χ4v) is 9.11. The van der Waals surface area contributed by atoms with Gasteiger partial charge >= 0.3 is 5.97 Å². The van der Waals surface area contributed by atoms with E-state index in [4.69, 9.17) is 9.16 Å². The van der Waals surface area contributed by atoms with Crippen LogP contribution in [0.2, 0.25) is 5.04 Å². The molecule has 1 aliphatic rings. The summed E-state index contributed by atoms with van der Waals surface area (Å²) in [4.78, 5) is 12.4. The van der Waals surface area contributed by atoms with E-state index in [1.165, 1.54) is 10.4 Å². The Balaban J connectivity index is 2.14. The van der Waals surface area contributed by atoms with Gasteiger partial charge in [-0.25, -0.2) is 4.79 Å². The third kappa shape index (κ3) is 5.00. The van der Waals surface area contributed by atoms with Crippen molar-refractivity contribution in [2.24, 2.45) is 0 Å². The van der Waals surface area contributed by atoms with E-state index in [9.17, 15) is 9.90 Å². The van der Waals surface area contributed by atoms with Gasteiger partial charge in [0.2, 0.25) is 0 Å². The zero-order valence-electron chi connectivity index (χ0n) is 19.0. The first-order valence-electron chi connectivity index (χ1n) is 11.1. The van der Waals surface area contributed by atoms with Gasteiger partial charge in [-0.3, -0.25) is 0 Å². The number of aliphatic hydroxyl groups excluding tert-OH is 1. The quantitative estimate of drug-likeness (QED) is 0.436. The van der Waals surface area contributed by atoms with Gasteiger partial charge in [0.05, 0.1) is 6.10 Å². The molecule has 4 nitrogen and oxygen atoms in total. The van der Waals surface area contributed by atoms with Gasteiger partial charge in [0.15, 0.2) is 6.10 Å². The molecular weight excluding hydrogens is 404 g/mol. The van der Waals surface area contributed by atoms with Crippen LogP contribution in [0.4, 0.5) is 0 Å². The molecule has 3 atom stereocenters. The van der Waals surface area contributed by atoms with Crippen molar-refractivity contribution in [3.05, 3.63) is 72.8 Å². The number of benzene rings is 2. The molecule has 166 valence electrons. The minimum Gasteiger partial charge on any atom is -0.458 e. The molecule has 2 aromatic carbocycles. The zero-order chi connectivity index (χ0) is 22.5. The lowest BCUT2D eigenvalue weighted by Crippen LogP contribution is -2.68. The lowest BCUT2D eigenvalue weighted by molar-refractivity contribution is -0.163. The Morgan fingerprint density at radius 1 is 0.968 bits per heavy atom. The monoisotopic (exact) mass is 438 g/mol. The van der Waals surface area contributed by atoms with Crippen LogP contribution in [0.1, 0.15) is 47.0 Å². The summed E-state index contributed by atoms with van der Waals surface area (Å²) in [6.45, 7) is 8.70. The molecule has 0 amide bonds. The molecule has 0 unspecified atom stereocenters. The van der Waals surface area contributed by atoms with E-state index in [-0.39, 0.29) is 17.6 Å². The lowest BCUT2D eigenvalue weighted by Gasteiger charge is -2.46. The molecule has 0 fully saturated rings. The summed E-state index contributed by atoms with van der Waals surface area (Å²) in [7, 11) is -2.78. The molecule has 0 saturated carbocycles. The molecule has 0 radical (unpaired) electrons. The predicted molar refractivity (Wildman–Crippen MR) is 127 cm³/mol. The van der Waals surface area contributed by atoms with Gasteiger partial charge < -0.3 is 14.3 Å². The first kappa shape index (κ1) is 23.5. The Morgan fingerprint density at radius 3 is 1.97 bits per heavy atom. The maximum Gasteiger partial charge on any atom is 0.335 e. The fraction of sp³-hybridized carbons (Fsp3) is 0.423. The highest BCUT2D eigenvalue weighted by Gasteiger charge is 2.52. The number of carbonyl (C=O) groups is 1. The van der Waals surface area contributed by atoms with Crippen molar-refractivity contribution >= 4 is 24.7 Å². The Bertz CT molecular complexity index is 834. The second kappa shape index (κ2) is 9.94. The van der Waals surface area contributed by atoms with Crippen molar-refractivity contribution in [1.82, 2.24) is 0 Å². The Morgan fingerprint density at radius 2 is 1.48 bits per heavy atom. The maximum atomic E-state index is 12.4. The van der Waals surface area contributed by atoms with Gasteiger partial charge in [-0.1, -0.05) is 101 Å². The molecule has 0 bridgehead atoms. The molecule has 0 aromatic heterocycles. The van der Waals surface area contributed by atoms with Crippen molar-refractivity contribution in [3.8, 4) is 0 Å². The average molecular weight is 439 g/mol. The van der Waals surface area contributed by atoms with Crippen molar-refractivity contribution in [3.63, 3.8) is 0 Å². The summed E-state index contributed by atoms with van der Waals surface area (Å²) >= 11 is 0. The molecule has 1 aliphatic heterocycles. The summed E-state index contributed by atoms with van der Waals surface area (Å²) < 4.78 is 13.0. The van der Waals surface area contributed by atoms with Gasteiger partial charge in [0.25, 0.3) is 8.32 Å². The summed E-state index contributed by atoms with van der Waals surface area (Å²) in [6.07, 6.45) is 3.52. The molecule has 1 heterocycles. The summed E-state index contributed by atoms with van der Waals surface area (Å²) in [5, 5.41) is 12.3. The molecule has 0 saturated heterocycles. The largest absolute Gasteiger partial charge is 0.458 e. The average Bonchev–Trinajstić information content (AvgIpc) is 2.83. The minimum atomic E-state index is -2.78. The first-order chi connectivity index (χ1) is 14.8. The second-order valence-electron chi connectivity index (χ2n) is 9.16. The van der Waals surface area contributed by atoms with Crippen LogP contribution >= 0.6 is 0 Å². The third-order valence-corrected chi connectivity index (χ3v) is 11.1. The molecule has 0 aliphatic carbocycles. The van der Waals surface area contributed by atoms with Crippen LogP contribution in [0.5, 0.6) is 0 Å².